The van der Waals surface area contributed by atoms with Crippen molar-refractivity contribution in [2.24, 2.45) is 0 Å². The lowest BCUT2D eigenvalue weighted by molar-refractivity contribution is -0.384. The van der Waals surface area contributed by atoms with Crippen LogP contribution in [0.5, 0.6) is 0 Å². The molecule has 0 spiro atoms. The molecule has 1 amide bonds. The number of nitro groups is 1. The van der Waals surface area contributed by atoms with Crippen LogP contribution in [0.4, 0.5) is 11.4 Å². The molecule has 0 bridgehead atoms. The summed E-state index contributed by atoms with van der Waals surface area (Å²) in [5.41, 5.74) is 4.48. The Morgan fingerprint density at radius 1 is 1.06 bits per heavy atom. The van der Waals surface area contributed by atoms with Crippen LogP contribution in [0.1, 0.15) is 17.0 Å². The number of fused-ring (bicyclic) bond motifs is 1. The van der Waals surface area contributed by atoms with Crippen LogP contribution in [0.2, 0.25) is 0 Å². The molecule has 3 aromatic carbocycles. The number of aromatic amines is 1. The lowest BCUT2D eigenvalue weighted by Crippen LogP contribution is -2.30. The summed E-state index contributed by atoms with van der Waals surface area (Å²) in [6, 6.07) is 22.8. The van der Waals surface area contributed by atoms with Crippen LogP contribution in [-0.2, 0) is 4.79 Å². The van der Waals surface area contributed by atoms with E-state index in [0.717, 1.165) is 32.6 Å². The molecule has 0 saturated carbocycles. The number of nitro benzene ring substituents is 1. The number of H-pyrrole nitrogens is 1. The van der Waals surface area contributed by atoms with Gasteiger partial charge in [0.25, 0.3) is 5.69 Å². The summed E-state index contributed by atoms with van der Waals surface area (Å²) in [4.78, 5) is 29.2. The van der Waals surface area contributed by atoms with Crippen molar-refractivity contribution in [3.63, 3.8) is 0 Å². The van der Waals surface area contributed by atoms with Gasteiger partial charge in [-0.2, -0.15) is 0 Å². The quantitative estimate of drug-likeness (QED) is 0.198. The number of aromatic nitrogens is 1. The fourth-order valence-corrected chi connectivity index (χ4v) is 4.60. The molecular formula is C26H26N4O3S. The molecule has 1 heterocycles. The highest BCUT2D eigenvalue weighted by molar-refractivity contribution is 8.00. The van der Waals surface area contributed by atoms with E-state index in [1.54, 1.807) is 12.1 Å². The summed E-state index contributed by atoms with van der Waals surface area (Å²) >= 11 is 1.36. The van der Waals surface area contributed by atoms with Gasteiger partial charge in [0, 0.05) is 66.4 Å². The lowest BCUT2D eigenvalue weighted by atomic mass is 9.90. The third kappa shape index (κ3) is 5.40. The highest BCUT2D eigenvalue weighted by Crippen LogP contribution is 2.31. The number of hydrogen-bond acceptors (Lipinski definition) is 5. The number of rotatable bonds is 9. The Balaban J connectivity index is 1.48. The van der Waals surface area contributed by atoms with Crippen LogP contribution in [0.25, 0.3) is 10.9 Å². The van der Waals surface area contributed by atoms with Crippen molar-refractivity contribution < 1.29 is 9.72 Å². The Labute approximate surface area is 202 Å². The van der Waals surface area contributed by atoms with Gasteiger partial charge in [-0.3, -0.25) is 14.9 Å². The van der Waals surface area contributed by atoms with E-state index < -0.39 is 4.92 Å². The molecule has 0 aliphatic rings. The normalized spacial score (nSPS) is 11.8. The molecule has 0 aliphatic carbocycles. The first kappa shape index (κ1) is 23.4. The van der Waals surface area contributed by atoms with Crippen molar-refractivity contribution in [3.05, 3.63) is 100 Å². The van der Waals surface area contributed by atoms with E-state index in [1.165, 1.54) is 23.9 Å². The molecule has 2 N–H and O–H groups in total. The summed E-state index contributed by atoms with van der Waals surface area (Å²) in [5.74, 6) is 0.136. The Bertz CT molecular complexity index is 1280. The van der Waals surface area contributed by atoms with Gasteiger partial charge in [-0.25, -0.2) is 0 Å². The van der Waals surface area contributed by atoms with E-state index in [1.807, 2.05) is 38.5 Å². The molecule has 1 atom stereocenters. The van der Waals surface area contributed by atoms with Gasteiger partial charge in [-0.1, -0.05) is 30.3 Å². The molecule has 0 saturated heterocycles. The molecule has 4 aromatic rings. The largest absolute Gasteiger partial charge is 0.378 e. The number of amides is 1. The summed E-state index contributed by atoms with van der Waals surface area (Å²) < 4.78 is 0. The van der Waals surface area contributed by atoms with Crippen molar-refractivity contribution >= 4 is 39.9 Å². The Morgan fingerprint density at radius 2 is 1.76 bits per heavy atom. The standard InChI is InChI=1S/C26H26N4O3S/c1-29(2)19-9-7-18(8-10-19)23(24-16-27-25-6-4-3-5-22(24)25)15-28-26(31)17-34-21-13-11-20(12-14-21)30(32)33/h3-14,16,23,27H,15,17H2,1-2H3,(H,28,31). The molecule has 4 rings (SSSR count). The maximum absolute atomic E-state index is 12.6. The van der Waals surface area contributed by atoms with Crippen molar-refractivity contribution in [1.29, 1.82) is 0 Å². The van der Waals surface area contributed by atoms with Crippen LogP contribution < -0.4 is 10.2 Å². The average Bonchev–Trinajstić information content (AvgIpc) is 3.27. The van der Waals surface area contributed by atoms with Gasteiger partial charge in [0.05, 0.1) is 10.7 Å². The lowest BCUT2D eigenvalue weighted by Gasteiger charge is -2.20. The molecule has 0 fully saturated rings. The summed E-state index contributed by atoms with van der Waals surface area (Å²) in [5, 5.41) is 15.0. The molecule has 34 heavy (non-hydrogen) atoms. The number of nitrogens with one attached hydrogen (secondary N) is 2. The maximum atomic E-state index is 12.6. The van der Waals surface area contributed by atoms with Crippen molar-refractivity contribution in [1.82, 2.24) is 10.3 Å². The topological polar surface area (TPSA) is 91.3 Å². The van der Waals surface area contributed by atoms with Crippen LogP contribution in [-0.4, -0.2) is 42.2 Å². The number of hydrogen-bond donors (Lipinski definition) is 2. The zero-order valence-electron chi connectivity index (χ0n) is 19.0. The van der Waals surface area contributed by atoms with Crippen LogP contribution in [0.3, 0.4) is 0 Å². The fourth-order valence-electron chi connectivity index (χ4n) is 3.87. The first-order valence-corrected chi connectivity index (χ1v) is 11.9. The maximum Gasteiger partial charge on any atom is 0.269 e. The number of benzene rings is 3. The predicted molar refractivity (Wildman–Crippen MR) is 138 cm³/mol. The monoisotopic (exact) mass is 474 g/mol. The number of carbonyl (C=O) groups is 1. The van der Waals surface area contributed by atoms with E-state index in [-0.39, 0.29) is 23.3 Å². The number of nitrogens with zero attached hydrogens (tertiary/aromatic N) is 2. The molecule has 1 unspecified atom stereocenters. The average molecular weight is 475 g/mol. The predicted octanol–water partition coefficient (Wildman–Crippen LogP) is 5.18. The van der Waals surface area contributed by atoms with E-state index in [4.69, 9.17) is 0 Å². The summed E-state index contributed by atoms with van der Waals surface area (Å²) in [7, 11) is 4.02. The van der Waals surface area contributed by atoms with Gasteiger partial charge in [0.1, 0.15) is 0 Å². The second-order valence-electron chi connectivity index (χ2n) is 8.17. The highest BCUT2D eigenvalue weighted by atomic mass is 32.2. The molecule has 174 valence electrons. The smallest absolute Gasteiger partial charge is 0.269 e. The summed E-state index contributed by atoms with van der Waals surface area (Å²) in [6.45, 7) is 0.461. The van der Waals surface area contributed by atoms with Gasteiger partial charge in [0.2, 0.25) is 5.91 Å². The third-order valence-electron chi connectivity index (χ3n) is 5.73. The molecular weight excluding hydrogens is 448 g/mol. The first-order chi connectivity index (χ1) is 16.4. The van der Waals surface area contributed by atoms with Crippen molar-refractivity contribution in [2.75, 3.05) is 31.3 Å². The van der Waals surface area contributed by atoms with Gasteiger partial charge >= 0.3 is 0 Å². The number of thioether (sulfide) groups is 1. The van der Waals surface area contributed by atoms with Crippen molar-refractivity contribution in [2.45, 2.75) is 10.8 Å². The number of para-hydroxylation sites is 1. The highest BCUT2D eigenvalue weighted by Gasteiger charge is 2.19. The zero-order valence-corrected chi connectivity index (χ0v) is 19.8. The van der Waals surface area contributed by atoms with Gasteiger partial charge in [-0.15, -0.1) is 11.8 Å². The number of anilines is 1. The van der Waals surface area contributed by atoms with Gasteiger partial charge in [-0.05, 0) is 41.5 Å². The molecule has 0 aliphatic heterocycles. The van der Waals surface area contributed by atoms with Gasteiger partial charge in [0.15, 0.2) is 0 Å². The summed E-state index contributed by atoms with van der Waals surface area (Å²) in [6.07, 6.45) is 2.02. The third-order valence-corrected chi connectivity index (χ3v) is 6.74. The van der Waals surface area contributed by atoms with E-state index in [9.17, 15) is 14.9 Å². The minimum absolute atomic E-state index is 0.0133. The zero-order chi connectivity index (χ0) is 24.1. The Kier molecular flexibility index (Phi) is 7.18. The SMILES string of the molecule is CN(C)c1ccc(C(CNC(=O)CSc2ccc([N+](=O)[O-])cc2)c2c[nH]c3ccccc23)cc1. The Morgan fingerprint density at radius 3 is 2.44 bits per heavy atom. The fraction of sp³-hybridized carbons (Fsp3) is 0.192. The van der Waals surface area contributed by atoms with E-state index in [2.05, 4.69) is 45.5 Å². The number of non-ortho nitro benzene ring substituents is 1. The van der Waals surface area contributed by atoms with E-state index >= 15 is 0 Å². The van der Waals surface area contributed by atoms with Crippen LogP contribution >= 0.6 is 11.8 Å². The molecule has 1 aromatic heterocycles. The Hall–Kier alpha value is -3.78. The van der Waals surface area contributed by atoms with E-state index in [0.29, 0.717) is 6.54 Å². The molecule has 0 radical (unpaired) electrons. The van der Waals surface area contributed by atoms with Gasteiger partial charge < -0.3 is 15.2 Å². The minimum Gasteiger partial charge on any atom is -0.378 e. The number of carbonyl (C=O) groups excluding carboxylic acids is 1. The molecule has 7 nitrogen and oxygen atoms in total. The van der Waals surface area contributed by atoms with Crippen molar-refractivity contribution in [3.8, 4) is 0 Å². The minimum atomic E-state index is -0.433. The van der Waals surface area contributed by atoms with Crippen LogP contribution in [0.15, 0.2) is 83.9 Å². The van der Waals surface area contributed by atoms with Crippen LogP contribution in [0, 0.1) is 10.1 Å². The second-order valence-corrected chi connectivity index (χ2v) is 9.22. The first-order valence-electron chi connectivity index (χ1n) is 10.9. The second kappa shape index (κ2) is 10.4. The molecule has 8 heteroatoms.